The van der Waals surface area contributed by atoms with Crippen molar-refractivity contribution in [1.82, 2.24) is 19.8 Å². The summed E-state index contributed by atoms with van der Waals surface area (Å²) in [5, 5.41) is 2.96. The van der Waals surface area contributed by atoms with Gasteiger partial charge in [-0.15, -0.1) is 0 Å². The molecule has 1 aliphatic rings. The number of likely N-dealkylation sites (tertiary alicyclic amines) is 1. The van der Waals surface area contributed by atoms with Crippen molar-refractivity contribution in [2.45, 2.75) is 32.9 Å². The first-order valence-corrected chi connectivity index (χ1v) is 9.84. The van der Waals surface area contributed by atoms with Crippen molar-refractivity contribution in [1.29, 1.82) is 0 Å². The lowest BCUT2D eigenvalue weighted by molar-refractivity contribution is -0.128. The van der Waals surface area contributed by atoms with Gasteiger partial charge in [-0.1, -0.05) is 24.3 Å². The van der Waals surface area contributed by atoms with Gasteiger partial charge in [0.05, 0.1) is 0 Å². The van der Waals surface area contributed by atoms with Gasteiger partial charge in [0.15, 0.2) is 0 Å². The minimum Gasteiger partial charge on any atom is -0.348 e. The molecule has 2 heterocycles. The monoisotopic (exact) mass is 388 g/mol. The number of rotatable bonds is 6. The molecule has 6 heteroatoms. The number of nitrogens with zero attached hydrogens (tertiary/aromatic N) is 3. The van der Waals surface area contributed by atoms with Crippen LogP contribution in [0, 0.1) is 6.92 Å². The second-order valence-electron chi connectivity index (χ2n) is 7.31. The maximum Gasteiger partial charge on any atom is 0.251 e. The Labute approximate surface area is 170 Å². The van der Waals surface area contributed by atoms with Crippen LogP contribution in [0.2, 0.25) is 0 Å². The third-order valence-corrected chi connectivity index (χ3v) is 5.25. The smallest absolute Gasteiger partial charge is 0.251 e. The van der Waals surface area contributed by atoms with E-state index in [0.717, 1.165) is 35.6 Å². The molecule has 148 valence electrons. The molecule has 0 atom stereocenters. The van der Waals surface area contributed by atoms with Crippen LogP contribution < -0.4 is 5.32 Å². The van der Waals surface area contributed by atoms with Crippen LogP contribution in [-0.4, -0.2) is 32.8 Å². The largest absolute Gasteiger partial charge is 0.348 e. The molecule has 0 spiro atoms. The Morgan fingerprint density at radius 3 is 2.41 bits per heavy atom. The zero-order chi connectivity index (χ0) is 20.2. The minimum absolute atomic E-state index is 0.108. The van der Waals surface area contributed by atoms with Crippen LogP contribution in [0.15, 0.2) is 60.9 Å². The summed E-state index contributed by atoms with van der Waals surface area (Å²) >= 11 is 0. The highest BCUT2D eigenvalue weighted by atomic mass is 16.2. The molecule has 0 bridgehead atoms. The average Bonchev–Trinajstić information content (AvgIpc) is 3.35. The SMILES string of the molecule is Cc1nccn1-c1ccc(CNC(=O)c2ccc(CN3CCCC3=O)cc2)cc1. The topological polar surface area (TPSA) is 67.2 Å². The molecular formula is C23H24N4O2. The van der Waals surface area contributed by atoms with E-state index in [1.54, 1.807) is 6.20 Å². The van der Waals surface area contributed by atoms with E-state index in [-0.39, 0.29) is 11.8 Å². The number of imidazole rings is 1. The maximum atomic E-state index is 12.4. The molecule has 4 rings (SSSR count). The quantitative estimate of drug-likeness (QED) is 0.705. The van der Waals surface area contributed by atoms with Crippen LogP contribution in [0.1, 0.15) is 40.2 Å². The molecule has 2 amide bonds. The molecule has 0 radical (unpaired) electrons. The van der Waals surface area contributed by atoms with E-state index >= 15 is 0 Å². The zero-order valence-electron chi connectivity index (χ0n) is 16.5. The minimum atomic E-state index is -0.108. The third kappa shape index (κ3) is 4.37. The van der Waals surface area contributed by atoms with E-state index in [4.69, 9.17) is 0 Å². The van der Waals surface area contributed by atoms with Crippen LogP contribution in [0.25, 0.3) is 5.69 Å². The normalized spacial score (nSPS) is 13.7. The Balaban J connectivity index is 1.32. The summed E-state index contributed by atoms with van der Waals surface area (Å²) in [6.07, 6.45) is 5.28. The second-order valence-corrected chi connectivity index (χ2v) is 7.31. The number of hydrogen-bond acceptors (Lipinski definition) is 3. The van der Waals surface area contributed by atoms with Gasteiger partial charge >= 0.3 is 0 Å². The average molecular weight is 388 g/mol. The molecule has 0 saturated carbocycles. The predicted molar refractivity (Wildman–Crippen MR) is 111 cm³/mol. The second kappa shape index (κ2) is 8.31. The van der Waals surface area contributed by atoms with Gasteiger partial charge in [0.1, 0.15) is 5.82 Å². The summed E-state index contributed by atoms with van der Waals surface area (Å²) in [7, 11) is 0. The number of carbonyl (C=O) groups is 2. The lowest BCUT2D eigenvalue weighted by atomic mass is 10.1. The third-order valence-electron chi connectivity index (χ3n) is 5.25. The first-order valence-electron chi connectivity index (χ1n) is 9.84. The van der Waals surface area contributed by atoms with Gasteiger partial charge in [0.2, 0.25) is 5.91 Å². The first kappa shape index (κ1) is 18.9. The molecule has 1 N–H and O–H groups in total. The van der Waals surface area contributed by atoms with Crippen LogP contribution in [0.5, 0.6) is 0 Å². The number of hydrogen-bond donors (Lipinski definition) is 1. The van der Waals surface area contributed by atoms with Gasteiger partial charge < -0.3 is 14.8 Å². The Morgan fingerprint density at radius 2 is 1.79 bits per heavy atom. The lowest BCUT2D eigenvalue weighted by Crippen LogP contribution is -2.24. The van der Waals surface area contributed by atoms with E-state index in [2.05, 4.69) is 10.3 Å². The fraction of sp³-hybridized carbons (Fsp3) is 0.261. The van der Waals surface area contributed by atoms with Crippen molar-refractivity contribution >= 4 is 11.8 Å². The van der Waals surface area contributed by atoms with Crippen molar-refractivity contribution < 1.29 is 9.59 Å². The molecule has 1 aromatic heterocycles. The molecule has 2 aromatic carbocycles. The molecule has 1 fully saturated rings. The van der Waals surface area contributed by atoms with E-state index in [9.17, 15) is 9.59 Å². The zero-order valence-corrected chi connectivity index (χ0v) is 16.5. The number of amides is 2. The van der Waals surface area contributed by atoms with Crippen molar-refractivity contribution in [2.75, 3.05) is 6.54 Å². The standard InChI is InChI=1S/C23H24N4O2/c1-17-24-12-14-27(17)21-10-6-18(7-11-21)15-25-23(29)20-8-4-19(5-9-20)16-26-13-2-3-22(26)28/h4-12,14H,2-3,13,15-16H2,1H3,(H,25,29). The van der Waals surface area contributed by atoms with Crippen LogP contribution in [0.4, 0.5) is 0 Å². The van der Waals surface area contributed by atoms with E-state index < -0.39 is 0 Å². The van der Waals surface area contributed by atoms with Gasteiger partial charge in [-0.3, -0.25) is 9.59 Å². The van der Waals surface area contributed by atoms with Crippen LogP contribution in [-0.2, 0) is 17.9 Å². The van der Waals surface area contributed by atoms with Gasteiger partial charge in [0, 0.05) is 49.7 Å². The fourth-order valence-electron chi connectivity index (χ4n) is 3.56. The van der Waals surface area contributed by atoms with Crippen molar-refractivity contribution in [3.8, 4) is 5.69 Å². The summed E-state index contributed by atoms with van der Waals surface area (Å²) in [5.74, 6) is 1.04. The highest BCUT2D eigenvalue weighted by Crippen LogP contribution is 2.15. The van der Waals surface area contributed by atoms with Crippen LogP contribution in [0.3, 0.4) is 0 Å². The van der Waals surface area contributed by atoms with Crippen molar-refractivity contribution in [3.63, 3.8) is 0 Å². The molecule has 3 aromatic rings. The molecule has 6 nitrogen and oxygen atoms in total. The molecule has 0 unspecified atom stereocenters. The summed E-state index contributed by atoms with van der Waals surface area (Å²) in [6.45, 7) is 3.86. The molecule has 1 saturated heterocycles. The number of benzene rings is 2. The molecule has 0 aliphatic carbocycles. The maximum absolute atomic E-state index is 12.4. The Kier molecular flexibility index (Phi) is 5.42. The molecule has 1 aliphatic heterocycles. The van der Waals surface area contributed by atoms with Gasteiger partial charge in [-0.2, -0.15) is 0 Å². The summed E-state index contributed by atoms with van der Waals surface area (Å²) in [6, 6.07) is 15.5. The molecule has 29 heavy (non-hydrogen) atoms. The van der Waals surface area contributed by atoms with Gasteiger partial charge in [-0.25, -0.2) is 4.98 Å². The highest BCUT2D eigenvalue weighted by molar-refractivity contribution is 5.94. The van der Waals surface area contributed by atoms with E-state index in [1.807, 2.05) is 71.1 Å². The number of carbonyl (C=O) groups excluding carboxylic acids is 2. The van der Waals surface area contributed by atoms with Crippen molar-refractivity contribution in [3.05, 3.63) is 83.4 Å². The number of nitrogens with one attached hydrogen (secondary N) is 1. The van der Waals surface area contributed by atoms with E-state index in [0.29, 0.717) is 25.1 Å². The van der Waals surface area contributed by atoms with Gasteiger partial charge in [-0.05, 0) is 48.7 Å². The fourth-order valence-corrected chi connectivity index (χ4v) is 3.56. The Bertz CT molecular complexity index is 1010. The Hall–Kier alpha value is -3.41. The first-order chi connectivity index (χ1) is 14.1. The predicted octanol–water partition coefficient (Wildman–Crippen LogP) is 3.23. The summed E-state index contributed by atoms with van der Waals surface area (Å²) in [5.41, 5.74) is 3.74. The molecular weight excluding hydrogens is 364 g/mol. The van der Waals surface area contributed by atoms with Crippen LogP contribution >= 0.6 is 0 Å². The van der Waals surface area contributed by atoms with Crippen molar-refractivity contribution in [2.24, 2.45) is 0 Å². The van der Waals surface area contributed by atoms with E-state index in [1.165, 1.54) is 0 Å². The number of aryl methyl sites for hydroxylation is 1. The summed E-state index contributed by atoms with van der Waals surface area (Å²) in [4.78, 5) is 30.3. The summed E-state index contributed by atoms with van der Waals surface area (Å²) < 4.78 is 2.01. The highest BCUT2D eigenvalue weighted by Gasteiger charge is 2.20. The number of aromatic nitrogens is 2. The Morgan fingerprint density at radius 1 is 1.07 bits per heavy atom. The lowest BCUT2D eigenvalue weighted by Gasteiger charge is -2.15. The van der Waals surface area contributed by atoms with Gasteiger partial charge in [0.25, 0.3) is 5.91 Å².